The second-order valence-electron chi connectivity index (χ2n) is 6.47. The van der Waals surface area contributed by atoms with Crippen molar-refractivity contribution < 1.29 is 9.59 Å². The molecule has 120 valence electrons. The predicted octanol–water partition coefficient (Wildman–Crippen LogP) is 3.59. The summed E-state index contributed by atoms with van der Waals surface area (Å²) < 4.78 is 0. The van der Waals surface area contributed by atoms with Crippen molar-refractivity contribution in [3.8, 4) is 0 Å². The molecule has 4 heteroatoms. The van der Waals surface area contributed by atoms with E-state index < -0.39 is 5.91 Å². The second-order valence-corrected chi connectivity index (χ2v) is 6.47. The van der Waals surface area contributed by atoms with Crippen molar-refractivity contribution in [2.75, 3.05) is 0 Å². The first-order valence-electron chi connectivity index (χ1n) is 8.34. The van der Waals surface area contributed by atoms with E-state index in [1.54, 1.807) is 0 Å². The summed E-state index contributed by atoms with van der Waals surface area (Å²) in [6.45, 7) is 0. The molecule has 1 atom stereocenters. The Morgan fingerprint density at radius 1 is 1.26 bits per heavy atom. The van der Waals surface area contributed by atoms with Gasteiger partial charge in [0.25, 0.3) is 5.91 Å². The summed E-state index contributed by atoms with van der Waals surface area (Å²) in [5.74, 6) is -0.329. The van der Waals surface area contributed by atoms with Crippen LogP contribution in [-0.4, -0.2) is 17.2 Å². The number of amides is 1. The van der Waals surface area contributed by atoms with E-state index in [4.69, 9.17) is 5.73 Å². The third-order valence-electron chi connectivity index (χ3n) is 4.86. The lowest BCUT2D eigenvalue weighted by Gasteiger charge is -2.24. The number of rotatable bonds is 5. The number of nitrogens with two attached hydrogens (primary N) is 1. The zero-order valence-corrected chi connectivity index (χ0v) is 13.2. The molecular weight excluding hydrogens is 288 g/mol. The van der Waals surface area contributed by atoms with Gasteiger partial charge < -0.3 is 10.5 Å². The molecule has 1 aromatic carbocycles. The monoisotopic (exact) mass is 310 g/mol. The number of hydrogen-bond acceptors (Lipinski definition) is 3. The number of carbonyl (C=O) groups is 2. The smallest absolute Gasteiger partial charge is 0.267 e. The van der Waals surface area contributed by atoms with Crippen LogP contribution in [0.4, 0.5) is 0 Å². The van der Waals surface area contributed by atoms with Gasteiger partial charge in [-0.25, -0.2) is 4.98 Å². The van der Waals surface area contributed by atoms with Crippen LogP contribution in [-0.2, 0) is 4.79 Å². The van der Waals surface area contributed by atoms with E-state index in [1.165, 1.54) is 19.3 Å². The number of aromatic nitrogens is 1. The highest BCUT2D eigenvalue weighted by molar-refractivity contribution is 5.96. The SMILES string of the molecule is NC(=O)c1nc2ccccc2cc1C(C=O)CC1CCCCC1. The molecule has 2 aromatic rings. The van der Waals surface area contributed by atoms with Crippen LogP contribution in [0.25, 0.3) is 10.9 Å². The van der Waals surface area contributed by atoms with Gasteiger partial charge in [0.05, 0.1) is 5.52 Å². The number of benzene rings is 1. The van der Waals surface area contributed by atoms with Crippen molar-refractivity contribution in [2.24, 2.45) is 11.7 Å². The summed E-state index contributed by atoms with van der Waals surface area (Å²) in [5.41, 5.74) is 7.15. The Morgan fingerprint density at radius 3 is 2.70 bits per heavy atom. The maximum absolute atomic E-state index is 11.8. The highest BCUT2D eigenvalue weighted by Crippen LogP contribution is 2.34. The molecule has 1 fully saturated rings. The molecule has 1 aliphatic carbocycles. The Morgan fingerprint density at radius 2 is 2.00 bits per heavy atom. The van der Waals surface area contributed by atoms with Crippen molar-refractivity contribution in [3.05, 3.63) is 41.6 Å². The van der Waals surface area contributed by atoms with Gasteiger partial charge in [0.1, 0.15) is 12.0 Å². The molecular formula is C19H22N2O2. The summed E-state index contributed by atoms with van der Waals surface area (Å²) in [6, 6.07) is 9.50. The standard InChI is InChI=1S/C19H22N2O2/c20-19(23)18-16(11-14-8-4-5-9-17(14)21-18)15(12-22)10-13-6-2-1-3-7-13/h4-5,8-9,11-13,15H,1-3,6-7,10H2,(H2,20,23). The number of aldehydes is 1. The van der Waals surface area contributed by atoms with Crippen molar-refractivity contribution in [2.45, 2.75) is 44.4 Å². The van der Waals surface area contributed by atoms with Crippen LogP contribution < -0.4 is 5.73 Å². The van der Waals surface area contributed by atoms with E-state index >= 15 is 0 Å². The van der Waals surface area contributed by atoms with E-state index in [9.17, 15) is 9.59 Å². The zero-order chi connectivity index (χ0) is 16.2. The lowest BCUT2D eigenvalue weighted by atomic mass is 9.80. The Balaban J connectivity index is 1.98. The third-order valence-corrected chi connectivity index (χ3v) is 4.86. The van der Waals surface area contributed by atoms with E-state index in [2.05, 4.69) is 4.98 Å². The van der Waals surface area contributed by atoms with Crippen molar-refractivity contribution >= 4 is 23.1 Å². The fourth-order valence-electron chi connectivity index (χ4n) is 3.65. The first kappa shape index (κ1) is 15.7. The summed E-state index contributed by atoms with van der Waals surface area (Å²) in [5, 5.41) is 0.933. The first-order chi connectivity index (χ1) is 11.2. The highest BCUT2D eigenvalue weighted by Gasteiger charge is 2.24. The summed E-state index contributed by atoms with van der Waals surface area (Å²) in [4.78, 5) is 27.9. The summed E-state index contributed by atoms with van der Waals surface area (Å²) >= 11 is 0. The normalized spacial score (nSPS) is 17.0. The molecule has 0 saturated heterocycles. The summed E-state index contributed by atoms with van der Waals surface area (Å²) in [7, 11) is 0. The van der Waals surface area contributed by atoms with Gasteiger partial charge >= 0.3 is 0 Å². The molecule has 1 saturated carbocycles. The van der Waals surface area contributed by atoms with Crippen molar-refractivity contribution in [1.29, 1.82) is 0 Å². The van der Waals surface area contributed by atoms with Gasteiger partial charge in [0.2, 0.25) is 0 Å². The molecule has 1 unspecified atom stereocenters. The van der Waals surface area contributed by atoms with Crippen LogP contribution in [0, 0.1) is 5.92 Å². The highest BCUT2D eigenvalue weighted by atomic mass is 16.1. The van der Waals surface area contributed by atoms with Gasteiger partial charge in [-0.1, -0.05) is 50.3 Å². The van der Waals surface area contributed by atoms with Gasteiger partial charge in [-0.15, -0.1) is 0 Å². The van der Waals surface area contributed by atoms with Crippen LogP contribution in [0.1, 0.15) is 60.5 Å². The molecule has 0 spiro atoms. The van der Waals surface area contributed by atoms with Crippen molar-refractivity contribution in [1.82, 2.24) is 4.98 Å². The molecule has 0 aliphatic heterocycles. The zero-order valence-electron chi connectivity index (χ0n) is 13.2. The lowest BCUT2D eigenvalue weighted by Crippen LogP contribution is -2.20. The topological polar surface area (TPSA) is 73.1 Å². The average Bonchev–Trinajstić information content (AvgIpc) is 2.59. The molecule has 1 amide bonds. The molecule has 0 radical (unpaired) electrons. The predicted molar refractivity (Wildman–Crippen MR) is 90.3 cm³/mol. The molecule has 1 heterocycles. The molecule has 0 bridgehead atoms. The minimum atomic E-state index is -0.568. The first-order valence-corrected chi connectivity index (χ1v) is 8.34. The van der Waals surface area contributed by atoms with Gasteiger partial charge in [-0.2, -0.15) is 0 Å². The maximum Gasteiger partial charge on any atom is 0.267 e. The van der Waals surface area contributed by atoms with Crippen LogP contribution in [0.15, 0.2) is 30.3 Å². The van der Waals surface area contributed by atoms with Gasteiger partial charge in [0, 0.05) is 11.3 Å². The fourth-order valence-corrected chi connectivity index (χ4v) is 3.65. The molecule has 3 rings (SSSR count). The van der Waals surface area contributed by atoms with E-state index in [0.717, 1.165) is 36.5 Å². The molecule has 1 aromatic heterocycles. The Labute approximate surface area is 136 Å². The maximum atomic E-state index is 11.8. The summed E-state index contributed by atoms with van der Waals surface area (Å²) in [6.07, 6.45) is 7.81. The number of hydrogen-bond donors (Lipinski definition) is 1. The Hall–Kier alpha value is -2.23. The van der Waals surface area contributed by atoms with E-state index in [1.807, 2.05) is 30.3 Å². The number of pyridine rings is 1. The number of fused-ring (bicyclic) bond motifs is 1. The minimum absolute atomic E-state index is 0.233. The number of primary amides is 1. The number of para-hydroxylation sites is 1. The molecule has 2 N–H and O–H groups in total. The van der Waals surface area contributed by atoms with Crippen molar-refractivity contribution in [3.63, 3.8) is 0 Å². The number of nitrogens with zero attached hydrogens (tertiary/aromatic N) is 1. The fraction of sp³-hybridized carbons (Fsp3) is 0.421. The van der Waals surface area contributed by atoms with Gasteiger partial charge in [0.15, 0.2) is 0 Å². The van der Waals surface area contributed by atoms with Gasteiger partial charge in [-0.05, 0) is 30.0 Å². The Bertz CT molecular complexity index is 720. The molecule has 1 aliphatic rings. The van der Waals surface area contributed by atoms with Crippen LogP contribution in [0.5, 0.6) is 0 Å². The average molecular weight is 310 g/mol. The molecule has 4 nitrogen and oxygen atoms in total. The van der Waals surface area contributed by atoms with Crippen LogP contribution >= 0.6 is 0 Å². The lowest BCUT2D eigenvalue weighted by molar-refractivity contribution is -0.109. The quantitative estimate of drug-likeness (QED) is 0.858. The van der Waals surface area contributed by atoms with E-state index in [0.29, 0.717) is 11.5 Å². The second kappa shape index (κ2) is 6.90. The van der Waals surface area contributed by atoms with E-state index in [-0.39, 0.29) is 11.6 Å². The van der Waals surface area contributed by atoms with Crippen LogP contribution in [0.3, 0.4) is 0 Å². The van der Waals surface area contributed by atoms with Gasteiger partial charge in [-0.3, -0.25) is 4.79 Å². The third kappa shape index (κ3) is 3.41. The minimum Gasteiger partial charge on any atom is -0.364 e. The molecule has 23 heavy (non-hydrogen) atoms. The largest absolute Gasteiger partial charge is 0.364 e. The Kier molecular flexibility index (Phi) is 4.70. The van der Waals surface area contributed by atoms with Crippen LogP contribution in [0.2, 0.25) is 0 Å². The number of carbonyl (C=O) groups excluding carboxylic acids is 2.